The summed E-state index contributed by atoms with van der Waals surface area (Å²) in [6.07, 6.45) is 3.11. The molecule has 2 heterocycles. The van der Waals surface area contributed by atoms with Crippen LogP contribution in [0.15, 0.2) is 47.3 Å². The van der Waals surface area contributed by atoms with Crippen molar-refractivity contribution in [2.24, 2.45) is 0 Å². The number of nitrogens with zero attached hydrogens (tertiary/aromatic N) is 2. The Hall–Kier alpha value is -4.15. The van der Waals surface area contributed by atoms with Gasteiger partial charge in [0.05, 0.1) is 13.2 Å². The topological polar surface area (TPSA) is 116 Å². The average molecular weight is 672 g/mol. The van der Waals surface area contributed by atoms with E-state index in [1.165, 1.54) is 5.56 Å². The van der Waals surface area contributed by atoms with Gasteiger partial charge in [0.2, 0.25) is 0 Å². The highest BCUT2D eigenvalue weighted by atomic mass is 16.6. The van der Waals surface area contributed by atoms with E-state index in [2.05, 4.69) is 62.8 Å². The Morgan fingerprint density at radius 1 is 0.980 bits per heavy atom. The van der Waals surface area contributed by atoms with Crippen molar-refractivity contribution in [3.63, 3.8) is 0 Å². The van der Waals surface area contributed by atoms with Crippen molar-refractivity contribution in [1.29, 1.82) is 0 Å². The highest BCUT2D eigenvalue weighted by molar-refractivity contribution is 5.99. The summed E-state index contributed by atoms with van der Waals surface area (Å²) in [5.41, 5.74) is 7.17. The number of alkyl carbamates (subject to hydrolysis) is 1. The van der Waals surface area contributed by atoms with Crippen LogP contribution in [0.25, 0.3) is 11.1 Å². The molecule has 5 rings (SSSR count). The molecule has 0 radical (unpaired) electrons. The highest BCUT2D eigenvalue weighted by Gasteiger charge is 2.28. The molecule has 2 amide bonds. The predicted octanol–water partition coefficient (Wildman–Crippen LogP) is 6.00. The van der Waals surface area contributed by atoms with Gasteiger partial charge in [0.25, 0.3) is 11.5 Å². The number of nitrogens with one attached hydrogen (secondary N) is 3. The van der Waals surface area contributed by atoms with E-state index in [4.69, 9.17) is 9.47 Å². The lowest BCUT2D eigenvalue weighted by Crippen LogP contribution is -2.44. The van der Waals surface area contributed by atoms with Crippen LogP contribution in [0, 0.1) is 20.8 Å². The number of benzene rings is 2. The van der Waals surface area contributed by atoms with E-state index in [1.54, 1.807) is 0 Å². The van der Waals surface area contributed by atoms with Crippen molar-refractivity contribution < 1.29 is 19.1 Å². The molecule has 264 valence electrons. The summed E-state index contributed by atoms with van der Waals surface area (Å²) >= 11 is 0. The van der Waals surface area contributed by atoms with Gasteiger partial charge in [-0.15, -0.1) is 0 Å². The Labute approximate surface area is 290 Å². The van der Waals surface area contributed by atoms with Crippen LogP contribution in [-0.4, -0.2) is 72.9 Å². The molecule has 1 aromatic heterocycles. The van der Waals surface area contributed by atoms with Crippen LogP contribution in [0.2, 0.25) is 0 Å². The van der Waals surface area contributed by atoms with E-state index in [0.717, 1.165) is 92.2 Å². The van der Waals surface area contributed by atoms with E-state index in [9.17, 15) is 14.4 Å². The Morgan fingerprint density at radius 2 is 1.65 bits per heavy atom. The Kier molecular flexibility index (Phi) is 11.5. The van der Waals surface area contributed by atoms with Crippen molar-refractivity contribution >= 4 is 17.7 Å². The summed E-state index contributed by atoms with van der Waals surface area (Å²) in [5, 5.41) is 6.07. The SMILES string of the molecule is Cc1cc(C)c(CNC(=O)c2cc(-c3ccc(CN4CCOCC4)cc3)cc(N(C)[C@H]3CC[C@@H](NC(=O)OC(C)(C)C)CC3)c2C)c(=O)[nH]1. The summed E-state index contributed by atoms with van der Waals surface area (Å²) in [5.74, 6) is -0.220. The Morgan fingerprint density at radius 3 is 2.29 bits per heavy atom. The molecule has 10 heteroatoms. The lowest BCUT2D eigenvalue weighted by molar-refractivity contribution is 0.0342. The van der Waals surface area contributed by atoms with Gasteiger partial charge >= 0.3 is 6.09 Å². The van der Waals surface area contributed by atoms with Gasteiger partial charge in [-0.05, 0) is 113 Å². The minimum atomic E-state index is -0.536. The Bertz CT molecular complexity index is 1680. The van der Waals surface area contributed by atoms with Crippen molar-refractivity contribution in [1.82, 2.24) is 20.5 Å². The molecule has 2 fully saturated rings. The monoisotopic (exact) mass is 671 g/mol. The molecule has 3 aromatic rings. The van der Waals surface area contributed by atoms with Gasteiger partial charge in [-0.1, -0.05) is 24.3 Å². The largest absolute Gasteiger partial charge is 0.444 e. The van der Waals surface area contributed by atoms with Gasteiger partial charge in [0.1, 0.15) is 5.60 Å². The first-order valence-electron chi connectivity index (χ1n) is 17.5. The zero-order chi connectivity index (χ0) is 35.3. The third-order valence-corrected chi connectivity index (χ3v) is 9.69. The van der Waals surface area contributed by atoms with E-state index in [-0.39, 0.29) is 36.2 Å². The van der Waals surface area contributed by atoms with E-state index in [0.29, 0.717) is 11.1 Å². The van der Waals surface area contributed by atoms with Crippen LogP contribution < -0.4 is 21.1 Å². The number of amides is 2. The molecule has 49 heavy (non-hydrogen) atoms. The molecule has 1 saturated carbocycles. The van der Waals surface area contributed by atoms with E-state index in [1.807, 2.05) is 53.7 Å². The van der Waals surface area contributed by atoms with Crippen LogP contribution in [0.4, 0.5) is 10.5 Å². The second-order valence-corrected chi connectivity index (χ2v) is 14.6. The van der Waals surface area contributed by atoms with E-state index >= 15 is 0 Å². The predicted molar refractivity (Wildman–Crippen MR) is 194 cm³/mol. The molecule has 0 atom stereocenters. The fourth-order valence-electron chi connectivity index (χ4n) is 6.93. The lowest BCUT2D eigenvalue weighted by Gasteiger charge is -2.37. The molecule has 2 aliphatic rings. The average Bonchev–Trinajstić information content (AvgIpc) is 3.04. The van der Waals surface area contributed by atoms with Crippen LogP contribution in [-0.2, 0) is 22.6 Å². The molecule has 1 aliphatic carbocycles. The molecule has 1 saturated heterocycles. The zero-order valence-corrected chi connectivity index (χ0v) is 30.2. The molecule has 0 bridgehead atoms. The number of aromatic amines is 1. The number of morpholine rings is 1. The number of anilines is 1. The first kappa shape index (κ1) is 36.1. The second-order valence-electron chi connectivity index (χ2n) is 14.6. The number of H-pyrrole nitrogens is 1. The normalized spacial score (nSPS) is 18.5. The highest BCUT2D eigenvalue weighted by Crippen LogP contribution is 2.35. The molecule has 3 N–H and O–H groups in total. The smallest absolute Gasteiger partial charge is 0.407 e. The summed E-state index contributed by atoms with van der Waals surface area (Å²) in [4.78, 5) is 46.5. The van der Waals surface area contributed by atoms with Crippen LogP contribution in [0.3, 0.4) is 0 Å². The van der Waals surface area contributed by atoms with Crippen molar-refractivity contribution in [2.45, 2.75) is 98.0 Å². The van der Waals surface area contributed by atoms with Crippen molar-refractivity contribution in [3.8, 4) is 11.1 Å². The molecule has 0 unspecified atom stereocenters. The van der Waals surface area contributed by atoms with Gasteiger partial charge < -0.3 is 30.0 Å². The van der Waals surface area contributed by atoms with Gasteiger partial charge in [-0.25, -0.2) is 4.79 Å². The van der Waals surface area contributed by atoms with Crippen LogP contribution in [0.5, 0.6) is 0 Å². The van der Waals surface area contributed by atoms with Gasteiger partial charge in [-0.2, -0.15) is 0 Å². The molecule has 10 nitrogen and oxygen atoms in total. The van der Waals surface area contributed by atoms with Crippen LogP contribution >= 0.6 is 0 Å². The quantitative estimate of drug-likeness (QED) is 0.256. The van der Waals surface area contributed by atoms with Gasteiger partial charge in [0.15, 0.2) is 0 Å². The lowest BCUT2D eigenvalue weighted by atomic mass is 9.89. The summed E-state index contributed by atoms with van der Waals surface area (Å²) in [7, 11) is 2.10. The Balaban J connectivity index is 1.38. The molecular formula is C39H53N5O5. The second kappa shape index (κ2) is 15.6. The molecule has 2 aromatic carbocycles. The molecular weight excluding hydrogens is 618 g/mol. The molecule has 1 aliphatic heterocycles. The number of pyridine rings is 1. The molecule has 0 spiro atoms. The minimum absolute atomic E-state index is 0.0672. The first-order chi connectivity index (χ1) is 23.3. The number of rotatable bonds is 9. The van der Waals surface area contributed by atoms with Crippen molar-refractivity contribution in [2.75, 3.05) is 38.3 Å². The maximum atomic E-state index is 13.9. The zero-order valence-electron chi connectivity index (χ0n) is 30.2. The number of aryl methyl sites for hydroxylation is 2. The van der Waals surface area contributed by atoms with Crippen molar-refractivity contribution in [3.05, 3.63) is 86.3 Å². The number of carbonyl (C=O) groups is 2. The fraction of sp³-hybridized carbons (Fsp3) is 0.513. The first-order valence-corrected chi connectivity index (χ1v) is 17.5. The maximum absolute atomic E-state index is 13.9. The van der Waals surface area contributed by atoms with Crippen LogP contribution in [0.1, 0.15) is 84.8 Å². The van der Waals surface area contributed by atoms with Gasteiger partial charge in [-0.3, -0.25) is 14.5 Å². The maximum Gasteiger partial charge on any atom is 0.407 e. The summed E-state index contributed by atoms with van der Waals surface area (Å²) in [6, 6.07) is 15.0. The van der Waals surface area contributed by atoms with E-state index < -0.39 is 5.60 Å². The number of aromatic nitrogens is 1. The number of carbonyl (C=O) groups excluding carboxylic acids is 2. The summed E-state index contributed by atoms with van der Waals surface area (Å²) < 4.78 is 11.0. The van der Waals surface area contributed by atoms with Gasteiger partial charge in [0, 0.05) is 67.8 Å². The third kappa shape index (κ3) is 9.51. The fourth-order valence-corrected chi connectivity index (χ4v) is 6.93. The number of hydrogen-bond acceptors (Lipinski definition) is 7. The summed E-state index contributed by atoms with van der Waals surface area (Å²) in [6.45, 7) is 15.8. The minimum Gasteiger partial charge on any atom is -0.444 e. The third-order valence-electron chi connectivity index (χ3n) is 9.69. The number of hydrogen-bond donors (Lipinski definition) is 3. The number of ether oxygens (including phenoxy) is 2. The standard InChI is InChI=1S/C39H53N5O5/c1-25-20-26(2)41-37(46)34(25)23-40-36(45)33-21-30(29-10-8-28(9-11-29)24-44-16-18-48-19-17-44)22-35(27(33)3)43(7)32-14-12-31(13-15-32)42-38(47)49-39(4,5)6/h8-11,20-22,31-32H,12-19,23-24H2,1-7H3,(H,40,45)(H,41,46)(H,42,47)/t31-,32+.